The van der Waals surface area contributed by atoms with Gasteiger partial charge >= 0.3 is 0 Å². The summed E-state index contributed by atoms with van der Waals surface area (Å²) in [6.45, 7) is 5.80. The third-order valence-electron chi connectivity index (χ3n) is 4.65. The molecule has 2 heteroatoms. The molecule has 0 spiro atoms. The number of hydrogen-bond acceptors (Lipinski definition) is 2. The highest BCUT2D eigenvalue weighted by Crippen LogP contribution is 2.39. The van der Waals surface area contributed by atoms with Gasteiger partial charge in [-0.2, -0.15) is 0 Å². The van der Waals surface area contributed by atoms with Crippen LogP contribution in [0.3, 0.4) is 0 Å². The number of hydrogen-bond donors (Lipinski definition) is 1. The fourth-order valence-electron chi connectivity index (χ4n) is 3.34. The molecular weight excluding hydrogens is 184 g/mol. The van der Waals surface area contributed by atoms with E-state index in [1.54, 1.807) is 0 Å². The molecule has 1 saturated carbocycles. The van der Waals surface area contributed by atoms with E-state index in [2.05, 4.69) is 11.8 Å². The summed E-state index contributed by atoms with van der Waals surface area (Å²) in [5, 5.41) is 0. The minimum absolute atomic E-state index is 0.428. The predicted molar refractivity (Wildman–Crippen MR) is 64.8 cm³/mol. The van der Waals surface area contributed by atoms with Crippen molar-refractivity contribution in [3.63, 3.8) is 0 Å². The maximum Gasteiger partial charge on any atom is 0.0331 e. The van der Waals surface area contributed by atoms with Gasteiger partial charge in [0, 0.05) is 12.1 Å². The normalized spacial score (nSPS) is 27.6. The summed E-state index contributed by atoms with van der Waals surface area (Å²) < 4.78 is 0. The summed E-state index contributed by atoms with van der Waals surface area (Å²) in [5.41, 5.74) is 6.38. The quantitative estimate of drug-likeness (QED) is 0.772. The van der Waals surface area contributed by atoms with Crippen LogP contribution in [-0.2, 0) is 0 Å². The van der Waals surface area contributed by atoms with Crippen LogP contribution in [0, 0.1) is 5.92 Å². The van der Waals surface area contributed by atoms with E-state index in [1.165, 1.54) is 58.0 Å². The third-order valence-corrected chi connectivity index (χ3v) is 4.65. The van der Waals surface area contributed by atoms with E-state index >= 15 is 0 Å². The van der Waals surface area contributed by atoms with E-state index < -0.39 is 0 Å². The Morgan fingerprint density at radius 2 is 1.93 bits per heavy atom. The van der Waals surface area contributed by atoms with Gasteiger partial charge < -0.3 is 5.73 Å². The second kappa shape index (κ2) is 4.84. The molecule has 2 rings (SSSR count). The van der Waals surface area contributed by atoms with Gasteiger partial charge in [-0.1, -0.05) is 19.8 Å². The van der Waals surface area contributed by atoms with Crippen molar-refractivity contribution in [2.75, 3.05) is 19.6 Å². The Morgan fingerprint density at radius 1 is 1.27 bits per heavy atom. The lowest BCUT2D eigenvalue weighted by molar-refractivity contribution is -0.00276. The Hall–Kier alpha value is -0.0800. The first-order valence-electron chi connectivity index (χ1n) is 6.76. The summed E-state index contributed by atoms with van der Waals surface area (Å²) >= 11 is 0. The molecule has 0 aromatic heterocycles. The lowest BCUT2D eigenvalue weighted by atomic mass is 9.74. The zero-order valence-electron chi connectivity index (χ0n) is 10.2. The molecular formula is C13H26N2. The van der Waals surface area contributed by atoms with Crippen molar-refractivity contribution in [1.82, 2.24) is 4.90 Å². The number of likely N-dealkylation sites (tertiary alicyclic amines) is 1. The second-order valence-corrected chi connectivity index (χ2v) is 5.50. The van der Waals surface area contributed by atoms with E-state index in [4.69, 9.17) is 5.73 Å². The first-order chi connectivity index (χ1) is 7.30. The number of nitrogens with zero attached hydrogens (tertiary/aromatic N) is 1. The molecule has 88 valence electrons. The Kier molecular flexibility index (Phi) is 3.68. The van der Waals surface area contributed by atoms with Crippen molar-refractivity contribution in [3.05, 3.63) is 0 Å². The van der Waals surface area contributed by atoms with Crippen molar-refractivity contribution in [2.24, 2.45) is 11.7 Å². The zero-order valence-corrected chi connectivity index (χ0v) is 10.2. The smallest absolute Gasteiger partial charge is 0.0331 e. The molecule has 1 saturated heterocycles. The fraction of sp³-hybridized carbons (Fsp3) is 1.00. The molecule has 0 bridgehead atoms. The second-order valence-electron chi connectivity index (χ2n) is 5.50. The van der Waals surface area contributed by atoms with E-state index in [-0.39, 0.29) is 0 Å². The van der Waals surface area contributed by atoms with Crippen LogP contribution >= 0.6 is 0 Å². The topological polar surface area (TPSA) is 29.3 Å². The highest BCUT2D eigenvalue weighted by molar-refractivity contribution is 5.00. The van der Waals surface area contributed by atoms with Gasteiger partial charge in [0.15, 0.2) is 0 Å². The molecule has 0 radical (unpaired) electrons. The Labute approximate surface area is 94.2 Å². The molecule has 0 aromatic rings. The Balaban J connectivity index is 1.82. The molecule has 2 fully saturated rings. The van der Waals surface area contributed by atoms with Gasteiger partial charge in [0.2, 0.25) is 0 Å². The summed E-state index contributed by atoms with van der Waals surface area (Å²) in [5.74, 6) is 1.00. The SMILES string of the molecule is CCCC1CCN(C2(CN)CCC2)CC1. The van der Waals surface area contributed by atoms with Crippen LogP contribution in [-0.4, -0.2) is 30.1 Å². The third kappa shape index (κ3) is 2.21. The van der Waals surface area contributed by atoms with Gasteiger partial charge in [-0.3, -0.25) is 4.90 Å². The molecule has 2 nitrogen and oxygen atoms in total. The first kappa shape index (κ1) is 11.4. The first-order valence-corrected chi connectivity index (χ1v) is 6.76. The lowest BCUT2D eigenvalue weighted by Crippen LogP contribution is -2.60. The van der Waals surface area contributed by atoms with Gasteiger partial charge in [0.25, 0.3) is 0 Å². The van der Waals surface area contributed by atoms with Crippen molar-refractivity contribution in [1.29, 1.82) is 0 Å². The van der Waals surface area contributed by atoms with Gasteiger partial charge in [0.1, 0.15) is 0 Å². The van der Waals surface area contributed by atoms with E-state index in [1.807, 2.05) is 0 Å². The summed E-state index contributed by atoms with van der Waals surface area (Å²) in [6.07, 6.45) is 9.71. The molecule has 0 unspecified atom stereocenters. The van der Waals surface area contributed by atoms with Crippen LogP contribution < -0.4 is 5.73 Å². The molecule has 0 aromatic carbocycles. The summed E-state index contributed by atoms with van der Waals surface area (Å²) in [7, 11) is 0. The average Bonchev–Trinajstić information content (AvgIpc) is 2.20. The van der Waals surface area contributed by atoms with Crippen molar-refractivity contribution >= 4 is 0 Å². The van der Waals surface area contributed by atoms with E-state index in [0.717, 1.165) is 12.5 Å². The van der Waals surface area contributed by atoms with Crippen LogP contribution in [0.4, 0.5) is 0 Å². The fourth-order valence-corrected chi connectivity index (χ4v) is 3.34. The van der Waals surface area contributed by atoms with Crippen molar-refractivity contribution in [3.8, 4) is 0 Å². The lowest BCUT2D eigenvalue weighted by Gasteiger charge is -2.52. The predicted octanol–water partition coefficient (Wildman–Crippen LogP) is 2.38. The molecule has 0 atom stereocenters. The highest BCUT2D eigenvalue weighted by atomic mass is 15.2. The van der Waals surface area contributed by atoms with Crippen molar-refractivity contribution < 1.29 is 0 Å². The van der Waals surface area contributed by atoms with Crippen LogP contribution in [0.15, 0.2) is 0 Å². The molecule has 1 aliphatic carbocycles. The maximum atomic E-state index is 5.95. The van der Waals surface area contributed by atoms with Gasteiger partial charge in [0.05, 0.1) is 0 Å². The molecule has 2 aliphatic rings. The maximum absolute atomic E-state index is 5.95. The van der Waals surface area contributed by atoms with E-state index in [0.29, 0.717) is 5.54 Å². The summed E-state index contributed by atoms with van der Waals surface area (Å²) in [6, 6.07) is 0. The number of rotatable bonds is 4. The van der Waals surface area contributed by atoms with Crippen LogP contribution in [0.1, 0.15) is 51.9 Å². The van der Waals surface area contributed by atoms with Gasteiger partial charge in [-0.05, 0) is 51.1 Å². The molecule has 1 aliphatic heterocycles. The monoisotopic (exact) mass is 210 g/mol. The van der Waals surface area contributed by atoms with Crippen molar-refractivity contribution in [2.45, 2.75) is 57.4 Å². The minimum Gasteiger partial charge on any atom is -0.329 e. The standard InChI is InChI=1S/C13H26N2/c1-2-4-12-5-9-15(10-6-12)13(11-14)7-3-8-13/h12H,2-11,14H2,1H3. The van der Waals surface area contributed by atoms with Crippen LogP contribution in [0.25, 0.3) is 0 Å². The Morgan fingerprint density at radius 3 is 2.33 bits per heavy atom. The number of piperidine rings is 1. The minimum atomic E-state index is 0.428. The van der Waals surface area contributed by atoms with E-state index in [9.17, 15) is 0 Å². The van der Waals surface area contributed by atoms with Gasteiger partial charge in [-0.25, -0.2) is 0 Å². The van der Waals surface area contributed by atoms with Crippen LogP contribution in [0.2, 0.25) is 0 Å². The Bertz CT molecular complexity index is 185. The zero-order chi connectivity index (χ0) is 10.7. The number of nitrogens with two attached hydrogens (primary N) is 1. The summed E-state index contributed by atoms with van der Waals surface area (Å²) in [4.78, 5) is 2.70. The average molecular weight is 210 g/mol. The largest absolute Gasteiger partial charge is 0.329 e. The molecule has 0 amide bonds. The highest BCUT2D eigenvalue weighted by Gasteiger charge is 2.42. The van der Waals surface area contributed by atoms with Crippen LogP contribution in [0.5, 0.6) is 0 Å². The van der Waals surface area contributed by atoms with Gasteiger partial charge in [-0.15, -0.1) is 0 Å². The molecule has 2 N–H and O–H groups in total. The molecule has 15 heavy (non-hydrogen) atoms. The molecule has 1 heterocycles.